The number of hydrogen-bond acceptors (Lipinski definition) is 4. The highest BCUT2D eigenvalue weighted by molar-refractivity contribution is 5.79. The largest absolute Gasteiger partial charge is 0.481 e. The molecule has 5 heteroatoms. The molecule has 3 rings (SSSR count). The van der Waals surface area contributed by atoms with Crippen LogP contribution in [0.3, 0.4) is 0 Å². The third-order valence-corrected chi connectivity index (χ3v) is 3.75. The molecule has 0 amide bonds. The van der Waals surface area contributed by atoms with E-state index >= 15 is 0 Å². The van der Waals surface area contributed by atoms with E-state index in [9.17, 15) is 15.2 Å². The smallest absolute Gasteiger partial charge is 0.312 e. The predicted octanol–water partition coefficient (Wildman–Crippen LogP) is 2.14. The van der Waals surface area contributed by atoms with Crippen molar-refractivity contribution in [1.82, 2.24) is 4.98 Å². The fraction of sp³-hybridized carbons (Fsp3) is 0.188. The Balaban J connectivity index is 2.05. The lowest BCUT2D eigenvalue weighted by Crippen LogP contribution is -2.37. The summed E-state index contributed by atoms with van der Waals surface area (Å²) in [6.07, 6.45) is 3.18. The van der Waals surface area contributed by atoms with E-state index in [0.29, 0.717) is 24.3 Å². The molecule has 1 aromatic carbocycles. The summed E-state index contributed by atoms with van der Waals surface area (Å²) in [6, 6.07) is 11.3. The van der Waals surface area contributed by atoms with Gasteiger partial charge in [0, 0.05) is 19.3 Å². The van der Waals surface area contributed by atoms with E-state index in [1.54, 1.807) is 18.5 Å². The molecule has 2 aromatic rings. The third kappa shape index (κ3) is 2.32. The van der Waals surface area contributed by atoms with Gasteiger partial charge in [-0.05, 0) is 17.2 Å². The van der Waals surface area contributed by atoms with Gasteiger partial charge in [0.05, 0.1) is 23.4 Å². The molecule has 1 N–H and O–H groups in total. The Morgan fingerprint density at radius 1 is 1.38 bits per heavy atom. The van der Waals surface area contributed by atoms with Crippen LogP contribution in [0.15, 0.2) is 42.7 Å². The molecule has 21 heavy (non-hydrogen) atoms. The lowest BCUT2D eigenvalue weighted by atomic mass is 9.89. The highest BCUT2D eigenvalue weighted by Crippen LogP contribution is 2.32. The van der Waals surface area contributed by atoms with Crippen molar-refractivity contribution in [2.24, 2.45) is 0 Å². The van der Waals surface area contributed by atoms with Crippen molar-refractivity contribution < 1.29 is 9.90 Å². The molecule has 1 aliphatic heterocycles. The third-order valence-electron chi connectivity index (χ3n) is 3.75. The molecular weight excluding hydrogens is 266 g/mol. The molecule has 0 saturated heterocycles. The number of aromatic nitrogens is 1. The molecule has 2 heterocycles. The van der Waals surface area contributed by atoms with Crippen molar-refractivity contribution in [2.45, 2.75) is 12.5 Å². The van der Waals surface area contributed by atoms with E-state index in [1.165, 1.54) is 0 Å². The fourth-order valence-corrected chi connectivity index (χ4v) is 2.73. The highest BCUT2D eigenvalue weighted by atomic mass is 16.4. The zero-order chi connectivity index (χ0) is 14.8. The Labute approximate surface area is 122 Å². The summed E-state index contributed by atoms with van der Waals surface area (Å²) in [7, 11) is 0. The number of benzene rings is 1. The summed E-state index contributed by atoms with van der Waals surface area (Å²) >= 11 is 0. The molecule has 1 atom stereocenters. The van der Waals surface area contributed by atoms with Crippen LogP contribution in [0.1, 0.15) is 22.6 Å². The number of pyridine rings is 1. The van der Waals surface area contributed by atoms with Crippen molar-refractivity contribution >= 4 is 11.7 Å². The summed E-state index contributed by atoms with van der Waals surface area (Å²) in [6.45, 7) is 0.924. The van der Waals surface area contributed by atoms with E-state index in [4.69, 9.17) is 0 Å². The number of nitrogens with zero attached hydrogens (tertiary/aromatic N) is 3. The Morgan fingerprint density at radius 3 is 2.95 bits per heavy atom. The van der Waals surface area contributed by atoms with Crippen LogP contribution in [-0.2, 0) is 11.3 Å². The lowest BCUT2D eigenvalue weighted by Gasteiger charge is -2.34. The molecule has 0 bridgehead atoms. The number of hydrogen-bond donors (Lipinski definition) is 1. The van der Waals surface area contributed by atoms with Crippen LogP contribution in [0.2, 0.25) is 0 Å². The van der Waals surface area contributed by atoms with Gasteiger partial charge in [-0.3, -0.25) is 9.78 Å². The Morgan fingerprint density at radius 2 is 2.19 bits per heavy atom. The van der Waals surface area contributed by atoms with Crippen molar-refractivity contribution in [2.75, 3.05) is 11.4 Å². The molecule has 104 valence electrons. The van der Waals surface area contributed by atoms with E-state index in [2.05, 4.69) is 11.1 Å². The maximum absolute atomic E-state index is 11.5. The number of carboxylic acids is 1. The molecule has 5 nitrogen and oxygen atoms in total. The molecular formula is C16H13N3O2. The van der Waals surface area contributed by atoms with Gasteiger partial charge in [-0.2, -0.15) is 5.26 Å². The normalized spacial score (nSPS) is 16.9. The van der Waals surface area contributed by atoms with Crippen LogP contribution in [0.4, 0.5) is 5.69 Å². The number of carbonyl (C=O) groups is 1. The van der Waals surface area contributed by atoms with Crippen molar-refractivity contribution in [3.8, 4) is 6.07 Å². The second kappa shape index (κ2) is 5.25. The second-order valence-electron chi connectivity index (χ2n) is 4.97. The maximum atomic E-state index is 11.5. The van der Waals surface area contributed by atoms with Gasteiger partial charge >= 0.3 is 5.97 Å². The predicted molar refractivity (Wildman–Crippen MR) is 76.8 cm³/mol. The zero-order valence-corrected chi connectivity index (χ0v) is 11.2. The molecule has 0 saturated carbocycles. The van der Waals surface area contributed by atoms with Crippen LogP contribution < -0.4 is 4.90 Å². The topological polar surface area (TPSA) is 77.2 Å². The number of aliphatic carboxylic acids is 1. The monoisotopic (exact) mass is 279 g/mol. The number of rotatable bonds is 2. The summed E-state index contributed by atoms with van der Waals surface area (Å²) in [5.74, 6) is -1.45. The van der Waals surface area contributed by atoms with Crippen LogP contribution in [0, 0.1) is 11.3 Å². The van der Waals surface area contributed by atoms with Crippen molar-refractivity contribution in [3.63, 3.8) is 0 Å². The van der Waals surface area contributed by atoms with E-state index in [1.807, 2.05) is 29.2 Å². The number of nitriles is 1. The first-order valence-electron chi connectivity index (χ1n) is 6.60. The minimum absolute atomic E-state index is 0.340. The quantitative estimate of drug-likeness (QED) is 0.911. The molecule has 0 spiro atoms. The summed E-state index contributed by atoms with van der Waals surface area (Å²) in [5, 5.41) is 18.7. The SMILES string of the molecule is N#Cc1ccncc1N1Cc2ccccc2C(C(=O)O)C1. The van der Waals surface area contributed by atoms with E-state index in [0.717, 1.165) is 11.1 Å². The molecule has 0 radical (unpaired) electrons. The van der Waals surface area contributed by atoms with Crippen LogP contribution in [0.25, 0.3) is 0 Å². The second-order valence-corrected chi connectivity index (χ2v) is 4.97. The summed E-state index contributed by atoms with van der Waals surface area (Å²) < 4.78 is 0. The first-order chi connectivity index (χ1) is 10.2. The maximum Gasteiger partial charge on any atom is 0.312 e. The average Bonchev–Trinajstić information content (AvgIpc) is 2.53. The first-order valence-corrected chi connectivity index (χ1v) is 6.60. The van der Waals surface area contributed by atoms with Gasteiger partial charge in [-0.15, -0.1) is 0 Å². The van der Waals surface area contributed by atoms with Crippen molar-refractivity contribution in [1.29, 1.82) is 5.26 Å². The number of anilines is 1. The van der Waals surface area contributed by atoms with Crippen LogP contribution >= 0.6 is 0 Å². The summed E-state index contributed by atoms with van der Waals surface area (Å²) in [4.78, 5) is 17.5. The molecule has 0 fully saturated rings. The van der Waals surface area contributed by atoms with E-state index < -0.39 is 11.9 Å². The molecule has 1 unspecified atom stereocenters. The Bertz CT molecular complexity index is 736. The van der Waals surface area contributed by atoms with Gasteiger partial charge in [0.25, 0.3) is 0 Å². The lowest BCUT2D eigenvalue weighted by molar-refractivity contribution is -0.138. The van der Waals surface area contributed by atoms with Crippen LogP contribution in [-0.4, -0.2) is 22.6 Å². The minimum Gasteiger partial charge on any atom is -0.481 e. The number of carboxylic acid groups (broad SMARTS) is 1. The van der Waals surface area contributed by atoms with Gasteiger partial charge in [-0.25, -0.2) is 0 Å². The first kappa shape index (κ1) is 13.1. The van der Waals surface area contributed by atoms with Crippen molar-refractivity contribution in [3.05, 3.63) is 59.4 Å². The van der Waals surface area contributed by atoms with Gasteiger partial charge in [0.2, 0.25) is 0 Å². The Kier molecular flexibility index (Phi) is 3.28. The van der Waals surface area contributed by atoms with Crippen LogP contribution in [0.5, 0.6) is 0 Å². The van der Waals surface area contributed by atoms with Gasteiger partial charge in [0.15, 0.2) is 0 Å². The highest BCUT2D eigenvalue weighted by Gasteiger charge is 2.31. The van der Waals surface area contributed by atoms with Gasteiger partial charge in [-0.1, -0.05) is 24.3 Å². The summed E-state index contributed by atoms with van der Waals surface area (Å²) in [5.41, 5.74) is 3.02. The average molecular weight is 279 g/mol. The number of fused-ring (bicyclic) bond motifs is 1. The Hall–Kier alpha value is -2.87. The minimum atomic E-state index is -0.852. The molecule has 1 aliphatic rings. The van der Waals surface area contributed by atoms with Gasteiger partial charge in [0.1, 0.15) is 6.07 Å². The standard InChI is InChI=1S/C16H13N3O2/c17-7-11-5-6-18-8-15(11)19-9-12-3-1-2-4-13(12)14(10-19)16(20)21/h1-6,8,14H,9-10H2,(H,20,21). The van der Waals surface area contributed by atoms with E-state index in [-0.39, 0.29) is 0 Å². The zero-order valence-electron chi connectivity index (χ0n) is 11.2. The molecule has 0 aliphatic carbocycles. The molecule has 1 aromatic heterocycles. The fourth-order valence-electron chi connectivity index (χ4n) is 2.73. The van der Waals surface area contributed by atoms with Gasteiger partial charge < -0.3 is 10.0 Å².